The van der Waals surface area contributed by atoms with Gasteiger partial charge in [0.2, 0.25) is 5.75 Å². The summed E-state index contributed by atoms with van der Waals surface area (Å²) in [6, 6.07) is 0. The molecule has 142 valence electrons. The second kappa shape index (κ2) is 7.15. The second-order valence-electron chi connectivity index (χ2n) is 7.45. The Bertz CT molecular complexity index is 1040. The maximum absolute atomic E-state index is 10.8. The van der Waals surface area contributed by atoms with Crippen molar-refractivity contribution in [2.24, 2.45) is 5.92 Å². The predicted octanol–water partition coefficient (Wildman–Crippen LogP) is 4.08. The summed E-state index contributed by atoms with van der Waals surface area (Å²) < 4.78 is 11.1. The van der Waals surface area contributed by atoms with Crippen LogP contribution < -0.4 is 19.9 Å². The SMILES string of the molecule is COc1c(O)c(OC)c2c(c1C)=CC=C(C)C1=CC(C(C)C)=CC=C(C)C=21. The van der Waals surface area contributed by atoms with Gasteiger partial charge >= 0.3 is 0 Å². The quantitative estimate of drug-likeness (QED) is 0.878. The van der Waals surface area contributed by atoms with Crippen molar-refractivity contribution in [1.82, 2.24) is 0 Å². The molecule has 3 heteroatoms. The van der Waals surface area contributed by atoms with Gasteiger partial charge in [-0.25, -0.2) is 0 Å². The van der Waals surface area contributed by atoms with Crippen LogP contribution in [0.25, 0.3) is 11.6 Å². The van der Waals surface area contributed by atoms with Crippen LogP contribution in [0.2, 0.25) is 0 Å². The van der Waals surface area contributed by atoms with Crippen LogP contribution in [0.5, 0.6) is 17.2 Å². The van der Waals surface area contributed by atoms with E-state index in [0.717, 1.165) is 27.1 Å². The van der Waals surface area contributed by atoms with Crippen LogP contribution in [0, 0.1) is 12.8 Å². The van der Waals surface area contributed by atoms with Crippen LogP contribution >= 0.6 is 0 Å². The van der Waals surface area contributed by atoms with Crippen LogP contribution in [0.15, 0.2) is 46.6 Å². The Kier molecular flexibility index (Phi) is 5.05. The van der Waals surface area contributed by atoms with Gasteiger partial charge in [0.25, 0.3) is 0 Å². The zero-order chi connectivity index (χ0) is 19.9. The first-order valence-electron chi connectivity index (χ1n) is 9.29. The molecule has 0 spiro atoms. The Morgan fingerprint density at radius 2 is 1.48 bits per heavy atom. The van der Waals surface area contributed by atoms with Crippen molar-refractivity contribution in [2.45, 2.75) is 34.6 Å². The van der Waals surface area contributed by atoms with Crippen LogP contribution in [-0.2, 0) is 0 Å². The molecule has 1 aromatic rings. The van der Waals surface area contributed by atoms with E-state index in [2.05, 4.69) is 58.1 Å². The molecule has 0 saturated heterocycles. The van der Waals surface area contributed by atoms with Gasteiger partial charge in [0.1, 0.15) is 0 Å². The Labute approximate surface area is 161 Å². The van der Waals surface area contributed by atoms with E-state index in [9.17, 15) is 5.11 Å². The molecule has 2 aliphatic carbocycles. The molecule has 0 atom stereocenters. The number of fused-ring (bicyclic) bond motifs is 2. The highest BCUT2D eigenvalue weighted by atomic mass is 16.5. The average Bonchev–Trinajstić information content (AvgIpc) is 2.88. The van der Waals surface area contributed by atoms with Gasteiger partial charge in [0, 0.05) is 10.8 Å². The van der Waals surface area contributed by atoms with Gasteiger partial charge in [0.05, 0.1) is 14.2 Å². The van der Waals surface area contributed by atoms with Crippen molar-refractivity contribution in [2.75, 3.05) is 14.2 Å². The zero-order valence-electron chi connectivity index (χ0n) is 17.2. The number of phenols is 1. The predicted molar refractivity (Wildman–Crippen MR) is 112 cm³/mol. The number of hydrogen-bond donors (Lipinski definition) is 1. The summed E-state index contributed by atoms with van der Waals surface area (Å²) in [5, 5.41) is 12.8. The zero-order valence-corrected chi connectivity index (χ0v) is 17.2. The van der Waals surface area contributed by atoms with Gasteiger partial charge in [-0.3, -0.25) is 0 Å². The number of aromatic hydroxyl groups is 1. The number of allylic oxidation sites excluding steroid dienone is 8. The number of rotatable bonds is 3. The van der Waals surface area contributed by atoms with E-state index in [-0.39, 0.29) is 5.75 Å². The molecule has 0 saturated carbocycles. The molecule has 0 radical (unpaired) electrons. The van der Waals surface area contributed by atoms with E-state index in [1.54, 1.807) is 14.2 Å². The molecule has 1 aromatic carbocycles. The Morgan fingerprint density at radius 1 is 0.852 bits per heavy atom. The lowest BCUT2D eigenvalue weighted by molar-refractivity contribution is 0.335. The first kappa shape index (κ1) is 19.1. The topological polar surface area (TPSA) is 38.7 Å². The Hall–Kier alpha value is -2.68. The third-order valence-corrected chi connectivity index (χ3v) is 5.42. The maximum Gasteiger partial charge on any atom is 0.201 e. The van der Waals surface area contributed by atoms with Crippen molar-refractivity contribution < 1.29 is 14.6 Å². The highest BCUT2D eigenvalue weighted by molar-refractivity contribution is 5.87. The molecule has 1 N–H and O–H groups in total. The van der Waals surface area contributed by atoms with Gasteiger partial charge in [-0.1, -0.05) is 44.2 Å². The minimum absolute atomic E-state index is 0.0464. The van der Waals surface area contributed by atoms with E-state index in [4.69, 9.17) is 9.47 Å². The summed E-state index contributed by atoms with van der Waals surface area (Å²) in [5.41, 5.74) is 6.77. The smallest absolute Gasteiger partial charge is 0.201 e. The highest BCUT2D eigenvalue weighted by Gasteiger charge is 2.23. The van der Waals surface area contributed by atoms with Crippen LogP contribution in [0.3, 0.4) is 0 Å². The van der Waals surface area contributed by atoms with Crippen molar-refractivity contribution in [3.63, 3.8) is 0 Å². The molecule has 0 fully saturated rings. The summed E-state index contributed by atoms with van der Waals surface area (Å²) >= 11 is 0. The van der Waals surface area contributed by atoms with Crippen molar-refractivity contribution in [1.29, 1.82) is 0 Å². The van der Waals surface area contributed by atoms with Gasteiger partial charge in [-0.2, -0.15) is 0 Å². The number of ether oxygens (including phenoxy) is 2. The Balaban J connectivity index is 2.60. The van der Waals surface area contributed by atoms with E-state index in [0.29, 0.717) is 17.4 Å². The number of methoxy groups -OCH3 is 2. The fourth-order valence-corrected chi connectivity index (χ4v) is 3.84. The highest BCUT2D eigenvalue weighted by Crippen LogP contribution is 2.38. The molecular weight excluding hydrogens is 336 g/mol. The molecule has 0 bridgehead atoms. The largest absolute Gasteiger partial charge is 0.502 e. The van der Waals surface area contributed by atoms with Crippen LogP contribution in [-0.4, -0.2) is 19.3 Å². The molecule has 3 rings (SSSR count). The normalized spacial score (nSPS) is 16.1. The minimum atomic E-state index is 0.0464. The van der Waals surface area contributed by atoms with E-state index in [1.807, 2.05) is 6.92 Å². The Morgan fingerprint density at radius 3 is 2.07 bits per heavy atom. The van der Waals surface area contributed by atoms with E-state index in [1.165, 1.54) is 16.7 Å². The standard InChI is InChI=1S/C24H28O3/c1-13(2)17-10-8-15(4)20-19(12-17)14(3)9-11-18-16(5)23(26-6)22(25)24(27-7)21(18)20/h8-13,25H,1-7H3. The average molecular weight is 364 g/mol. The molecule has 0 aliphatic heterocycles. The van der Waals surface area contributed by atoms with Crippen molar-refractivity contribution >= 4 is 11.6 Å². The summed E-state index contributed by atoms with van der Waals surface area (Å²) in [6.45, 7) is 10.6. The second-order valence-corrected chi connectivity index (χ2v) is 7.45. The fourth-order valence-electron chi connectivity index (χ4n) is 3.84. The first-order valence-corrected chi connectivity index (χ1v) is 9.29. The molecule has 2 aliphatic rings. The summed E-state index contributed by atoms with van der Waals surface area (Å²) in [6.07, 6.45) is 10.8. The van der Waals surface area contributed by atoms with Crippen LogP contribution in [0.1, 0.15) is 33.3 Å². The van der Waals surface area contributed by atoms with Gasteiger partial charge in [0.15, 0.2) is 11.5 Å². The molecule has 0 heterocycles. The van der Waals surface area contributed by atoms with Gasteiger partial charge < -0.3 is 14.6 Å². The molecule has 0 amide bonds. The molecule has 3 nitrogen and oxygen atoms in total. The lowest BCUT2D eigenvalue weighted by atomic mass is 9.90. The molecule has 0 aromatic heterocycles. The minimum Gasteiger partial charge on any atom is -0.502 e. The molecule has 0 unspecified atom stereocenters. The third-order valence-electron chi connectivity index (χ3n) is 5.42. The third kappa shape index (κ3) is 3.01. The maximum atomic E-state index is 10.8. The van der Waals surface area contributed by atoms with Crippen molar-refractivity contribution in [3.05, 3.63) is 62.6 Å². The number of hydrogen-bond acceptors (Lipinski definition) is 3. The fraction of sp³-hybridized carbons (Fsp3) is 0.333. The van der Waals surface area contributed by atoms with Crippen LogP contribution in [0.4, 0.5) is 0 Å². The summed E-state index contributed by atoms with van der Waals surface area (Å²) in [7, 11) is 3.16. The molecular formula is C24H28O3. The lowest BCUT2D eigenvalue weighted by Crippen LogP contribution is -2.32. The lowest BCUT2D eigenvalue weighted by Gasteiger charge is -2.17. The van der Waals surface area contributed by atoms with E-state index >= 15 is 0 Å². The first-order chi connectivity index (χ1) is 12.8. The van der Waals surface area contributed by atoms with E-state index < -0.39 is 0 Å². The van der Waals surface area contributed by atoms with Gasteiger partial charge in [-0.15, -0.1) is 0 Å². The number of phenolic OH excluding ortho intramolecular Hbond substituents is 1. The number of benzene rings is 1. The van der Waals surface area contributed by atoms with Gasteiger partial charge in [-0.05, 0) is 59.8 Å². The summed E-state index contributed by atoms with van der Waals surface area (Å²) in [4.78, 5) is 0. The summed E-state index contributed by atoms with van der Waals surface area (Å²) in [5.74, 6) is 1.38. The monoisotopic (exact) mass is 364 g/mol. The van der Waals surface area contributed by atoms with Crippen molar-refractivity contribution in [3.8, 4) is 17.2 Å². The molecule has 27 heavy (non-hydrogen) atoms.